The van der Waals surface area contributed by atoms with E-state index in [0.717, 1.165) is 28.8 Å². The molecule has 156 valence electrons. The summed E-state index contributed by atoms with van der Waals surface area (Å²) in [4.78, 5) is 13.7. The number of hydrogen-bond donors (Lipinski definition) is 1. The summed E-state index contributed by atoms with van der Waals surface area (Å²) in [7, 11) is 1.83. The maximum atomic E-state index is 14.9. The highest BCUT2D eigenvalue weighted by molar-refractivity contribution is 5.74. The standard InChI is InChI=1S/C21H23FN6O2/c1-13(29)27-6-5-20-17(10-27)21(25-28(20)16-11-30-12-16)24-19-4-3-14(7-18(19)22)15-8-23-26(2)9-15/h3-4,7-9,16H,5-6,10-12H2,1-2H3,(H,24,25). The number of nitrogens with one attached hydrogen (secondary N) is 1. The molecule has 5 rings (SSSR count). The number of carbonyl (C=O) groups is 1. The molecule has 0 radical (unpaired) electrons. The molecule has 0 spiro atoms. The van der Waals surface area contributed by atoms with E-state index in [9.17, 15) is 9.18 Å². The van der Waals surface area contributed by atoms with E-state index in [4.69, 9.17) is 9.84 Å². The second kappa shape index (κ2) is 7.24. The molecule has 8 nitrogen and oxygen atoms in total. The summed E-state index contributed by atoms with van der Waals surface area (Å²) in [5, 5.41) is 12.0. The topological polar surface area (TPSA) is 77.2 Å². The van der Waals surface area contributed by atoms with E-state index in [1.54, 1.807) is 28.8 Å². The number of benzene rings is 1. The minimum Gasteiger partial charge on any atom is -0.377 e. The number of ether oxygens (including phenoxy) is 1. The van der Waals surface area contributed by atoms with Gasteiger partial charge < -0.3 is 15.0 Å². The monoisotopic (exact) mass is 410 g/mol. The quantitative estimate of drug-likeness (QED) is 0.716. The zero-order valence-corrected chi connectivity index (χ0v) is 16.9. The molecule has 9 heteroatoms. The van der Waals surface area contributed by atoms with E-state index in [-0.39, 0.29) is 17.8 Å². The minimum absolute atomic E-state index is 0.0262. The highest BCUT2D eigenvalue weighted by atomic mass is 19.1. The Bertz CT molecular complexity index is 1120. The lowest BCUT2D eigenvalue weighted by atomic mass is 10.1. The van der Waals surface area contributed by atoms with Gasteiger partial charge in [0.05, 0.1) is 37.7 Å². The number of aryl methyl sites for hydroxylation is 1. The summed E-state index contributed by atoms with van der Waals surface area (Å²) in [6.45, 7) is 3.95. The van der Waals surface area contributed by atoms with E-state index in [1.165, 1.54) is 6.07 Å². The molecular formula is C21H23FN6O2. The van der Waals surface area contributed by atoms with Crippen molar-refractivity contribution in [1.82, 2.24) is 24.5 Å². The summed E-state index contributed by atoms with van der Waals surface area (Å²) >= 11 is 0. The van der Waals surface area contributed by atoms with Gasteiger partial charge in [0.2, 0.25) is 5.91 Å². The van der Waals surface area contributed by atoms with Crippen LogP contribution in [0.5, 0.6) is 0 Å². The van der Waals surface area contributed by atoms with Gasteiger partial charge in [0.1, 0.15) is 5.82 Å². The Morgan fingerprint density at radius 1 is 1.30 bits per heavy atom. The molecule has 2 aliphatic rings. The molecule has 0 bridgehead atoms. The lowest BCUT2D eigenvalue weighted by Gasteiger charge is -2.31. The van der Waals surface area contributed by atoms with Gasteiger partial charge in [-0.05, 0) is 17.7 Å². The third-order valence-corrected chi connectivity index (χ3v) is 5.76. The number of amides is 1. The predicted molar refractivity (Wildman–Crippen MR) is 109 cm³/mol. The van der Waals surface area contributed by atoms with Crippen molar-refractivity contribution >= 4 is 17.4 Å². The molecule has 2 aliphatic heterocycles. The van der Waals surface area contributed by atoms with Crippen molar-refractivity contribution in [2.75, 3.05) is 25.1 Å². The van der Waals surface area contributed by atoms with Gasteiger partial charge in [-0.1, -0.05) is 6.07 Å². The molecule has 1 fully saturated rings. The van der Waals surface area contributed by atoms with Gasteiger partial charge in [0.25, 0.3) is 0 Å². The second-order valence-electron chi connectivity index (χ2n) is 7.82. The summed E-state index contributed by atoms with van der Waals surface area (Å²) in [6.07, 6.45) is 4.27. The first-order chi connectivity index (χ1) is 14.5. The number of anilines is 2. The van der Waals surface area contributed by atoms with Gasteiger partial charge in [-0.3, -0.25) is 14.2 Å². The largest absolute Gasteiger partial charge is 0.377 e. The first-order valence-electron chi connectivity index (χ1n) is 9.98. The molecule has 0 saturated carbocycles. The number of nitrogens with zero attached hydrogens (tertiary/aromatic N) is 5. The van der Waals surface area contributed by atoms with E-state index >= 15 is 0 Å². The third-order valence-electron chi connectivity index (χ3n) is 5.76. The average Bonchev–Trinajstić information content (AvgIpc) is 3.26. The Morgan fingerprint density at radius 3 is 2.77 bits per heavy atom. The Kier molecular flexibility index (Phi) is 4.54. The molecule has 1 saturated heterocycles. The van der Waals surface area contributed by atoms with E-state index in [2.05, 4.69) is 10.4 Å². The summed E-state index contributed by atoms with van der Waals surface area (Å²) in [5.41, 5.74) is 3.99. The molecule has 1 N–H and O–H groups in total. The Balaban J connectivity index is 1.47. The van der Waals surface area contributed by atoms with Crippen LogP contribution in [-0.2, 0) is 29.5 Å². The number of rotatable bonds is 4. The van der Waals surface area contributed by atoms with Crippen molar-refractivity contribution in [3.8, 4) is 11.1 Å². The van der Waals surface area contributed by atoms with Gasteiger partial charge >= 0.3 is 0 Å². The average molecular weight is 410 g/mol. The Hall–Kier alpha value is -3.20. The van der Waals surface area contributed by atoms with Crippen LogP contribution < -0.4 is 5.32 Å². The molecule has 0 unspecified atom stereocenters. The van der Waals surface area contributed by atoms with E-state index in [1.807, 2.05) is 24.0 Å². The summed E-state index contributed by atoms with van der Waals surface area (Å²) < 4.78 is 23.9. The maximum absolute atomic E-state index is 14.9. The SMILES string of the molecule is CC(=O)N1CCc2c(c(Nc3ccc(-c4cnn(C)c4)cc3F)nn2C2COC2)C1. The fraction of sp³-hybridized carbons (Fsp3) is 0.381. The normalized spacial score (nSPS) is 16.3. The molecule has 0 atom stereocenters. The summed E-state index contributed by atoms with van der Waals surface area (Å²) in [6, 6.07) is 5.25. The lowest BCUT2D eigenvalue weighted by molar-refractivity contribution is -0.129. The number of aromatic nitrogens is 4. The predicted octanol–water partition coefficient (Wildman–Crippen LogP) is 2.64. The Labute approximate surface area is 173 Å². The van der Waals surface area contributed by atoms with Crippen LogP contribution in [0.3, 0.4) is 0 Å². The highest BCUT2D eigenvalue weighted by Crippen LogP contribution is 2.33. The zero-order valence-electron chi connectivity index (χ0n) is 16.9. The number of fused-ring (bicyclic) bond motifs is 1. The smallest absolute Gasteiger partial charge is 0.219 e. The molecule has 2 aromatic heterocycles. The van der Waals surface area contributed by atoms with Crippen molar-refractivity contribution in [2.24, 2.45) is 7.05 Å². The number of carbonyl (C=O) groups excluding carboxylic acids is 1. The molecule has 0 aliphatic carbocycles. The van der Waals surface area contributed by atoms with Gasteiger partial charge in [0, 0.05) is 50.0 Å². The molecule has 30 heavy (non-hydrogen) atoms. The van der Waals surface area contributed by atoms with Crippen LogP contribution in [0.15, 0.2) is 30.6 Å². The van der Waals surface area contributed by atoms with Crippen molar-refractivity contribution in [3.05, 3.63) is 47.7 Å². The van der Waals surface area contributed by atoms with Crippen LogP contribution in [0.1, 0.15) is 24.2 Å². The van der Waals surface area contributed by atoms with Crippen LogP contribution in [0, 0.1) is 5.82 Å². The second-order valence-corrected chi connectivity index (χ2v) is 7.82. The van der Waals surface area contributed by atoms with Gasteiger partial charge in [-0.25, -0.2) is 4.39 Å². The van der Waals surface area contributed by atoms with E-state index in [0.29, 0.717) is 37.8 Å². The molecule has 1 aromatic carbocycles. The van der Waals surface area contributed by atoms with Crippen LogP contribution in [0.2, 0.25) is 0 Å². The highest BCUT2D eigenvalue weighted by Gasteiger charge is 2.31. The molecule has 3 aromatic rings. The molecular weight excluding hydrogens is 387 g/mol. The first-order valence-corrected chi connectivity index (χ1v) is 9.98. The van der Waals surface area contributed by atoms with Crippen LogP contribution in [0.4, 0.5) is 15.9 Å². The Morgan fingerprint density at radius 2 is 2.13 bits per heavy atom. The number of halogens is 1. The van der Waals surface area contributed by atoms with Crippen LogP contribution >= 0.6 is 0 Å². The molecule has 1 amide bonds. The lowest BCUT2D eigenvalue weighted by Crippen LogP contribution is -2.37. The van der Waals surface area contributed by atoms with Crippen molar-refractivity contribution in [3.63, 3.8) is 0 Å². The van der Waals surface area contributed by atoms with Crippen molar-refractivity contribution in [2.45, 2.75) is 25.9 Å². The van der Waals surface area contributed by atoms with Crippen molar-refractivity contribution in [1.29, 1.82) is 0 Å². The molecule has 4 heterocycles. The fourth-order valence-corrected chi connectivity index (χ4v) is 3.98. The maximum Gasteiger partial charge on any atom is 0.219 e. The van der Waals surface area contributed by atoms with Gasteiger partial charge in [-0.15, -0.1) is 0 Å². The third kappa shape index (κ3) is 3.24. The van der Waals surface area contributed by atoms with Crippen molar-refractivity contribution < 1.29 is 13.9 Å². The summed E-state index contributed by atoms with van der Waals surface area (Å²) in [5.74, 6) is 0.250. The van der Waals surface area contributed by atoms with Crippen LogP contribution in [0.25, 0.3) is 11.1 Å². The van der Waals surface area contributed by atoms with Gasteiger partial charge in [0.15, 0.2) is 5.82 Å². The van der Waals surface area contributed by atoms with Crippen LogP contribution in [-0.4, -0.2) is 50.1 Å². The van der Waals surface area contributed by atoms with Gasteiger partial charge in [-0.2, -0.15) is 10.2 Å². The number of hydrogen-bond acceptors (Lipinski definition) is 5. The fourth-order valence-electron chi connectivity index (χ4n) is 3.98. The van der Waals surface area contributed by atoms with E-state index < -0.39 is 0 Å². The zero-order chi connectivity index (χ0) is 20.8. The first kappa shape index (κ1) is 18.8. The minimum atomic E-state index is -0.370.